The third-order valence-corrected chi connectivity index (χ3v) is 5.27. The van der Waals surface area contributed by atoms with Crippen molar-refractivity contribution in [3.63, 3.8) is 0 Å². The Balaban J connectivity index is 1.47. The van der Waals surface area contributed by atoms with Crippen LogP contribution in [0, 0.1) is 13.8 Å². The molecule has 6 nitrogen and oxygen atoms in total. The van der Waals surface area contributed by atoms with E-state index in [1.165, 1.54) is 11.1 Å². The lowest BCUT2D eigenvalue weighted by molar-refractivity contribution is 0.203. The molecule has 2 aromatic heterocycles. The summed E-state index contributed by atoms with van der Waals surface area (Å²) in [6.45, 7) is 6.89. The van der Waals surface area contributed by atoms with Crippen LogP contribution in [0.15, 0.2) is 47.5 Å². The Bertz CT molecular complexity index is 968. The average Bonchev–Trinajstić information content (AvgIpc) is 3.16. The van der Waals surface area contributed by atoms with Crippen LogP contribution in [0.3, 0.4) is 0 Å². The average molecular weight is 363 g/mol. The van der Waals surface area contributed by atoms with E-state index in [1.54, 1.807) is 6.07 Å². The second kappa shape index (κ2) is 7.48. The summed E-state index contributed by atoms with van der Waals surface area (Å²) < 4.78 is 1.93. The van der Waals surface area contributed by atoms with Crippen LogP contribution in [0.2, 0.25) is 0 Å². The fourth-order valence-electron chi connectivity index (χ4n) is 3.92. The zero-order valence-corrected chi connectivity index (χ0v) is 15.9. The van der Waals surface area contributed by atoms with Gasteiger partial charge >= 0.3 is 0 Å². The number of rotatable bonds is 4. The van der Waals surface area contributed by atoms with E-state index in [0.29, 0.717) is 11.7 Å². The zero-order valence-electron chi connectivity index (χ0n) is 15.9. The van der Waals surface area contributed by atoms with Crippen molar-refractivity contribution in [2.45, 2.75) is 39.2 Å². The van der Waals surface area contributed by atoms with Gasteiger partial charge in [0, 0.05) is 30.9 Å². The van der Waals surface area contributed by atoms with E-state index in [2.05, 4.69) is 45.1 Å². The summed E-state index contributed by atoms with van der Waals surface area (Å²) >= 11 is 0. The molecule has 0 aliphatic carbocycles. The lowest BCUT2D eigenvalue weighted by Crippen LogP contribution is -2.33. The van der Waals surface area contributed by atoms with Gasteiger partial charge in [-0.25, -0.2) is 9.67 Å². The molecule has 0 atom stereocenters. The van der Waals surface area contributed by atoms with Crippen LogP contribution in [0.5, 0.6) is 0 Å². The molecule has 0 unspecified atom stereocenters. The van der Waals surface area contributed by atoms with Crippen molar-refractivity contribution in [1.82, 2.24) is 24.6 Å². The first-order valence-corrected chi connectivity index (χ1v) is 9.48. The number of piperidine rings is 1. The van der Waals surface area contributed by atoms with Gasteiger partial charge in [-0.15, -0.1) is 0 Å². The molecule has 0 saturated carbocycles. The number of aromatic amines is 1. The van der Waals surface area contributed by atoms with Gasteiger partial charge in [-0.3, -0.25) is 9.69 Å². The predicted octanol–water partition coefficient (Wildman–Crippen LogP) is 2.95. The number of H-pyrrole nitrogens is 1. The number of nitrogens with zero attached hydrogens (tertiary/aromatic N) is 4. The molecule has 3 aromatic rings. The molecule has 1 aromatic carbocycles. The van der Waals surface area contributed by atoms with Crippen molar-refractivity contribution in [3.8, 4) is 5.69 Å². The number of hydrogen-bond donors (Lipinski definition) is 1. The monoisotopic (exact) mass is 363 g/mol. The van der Waals surface area contributed by atoms with Crippen molar-refractivity contribution in [2.24, 2.45) is 0 Å². The number of nitrogens with one attached hydrogen (secondary N) is 1. The zero-order chi connectivity index (χ0) is 18.8. The number of benzene rings is 1. The fourth-order valence-corrected chi connectivity index (χ4v) is 3.92. The van der Waals surface area contributed by atoms with E-state index in [0.717, 1.165) is 43.9 Å². The first kappa shape index (κ1) is 17.7. The van der Waals surface area contributed by atoms with Gasteiger partial charge in [0.05, 0.1) is 11.4 Å². The fraction of sp³-hybridized carbons (Fsp3) is 0.381. The number of hydrogen-bond acceptors (Lipinski definition) is 4. The molecule has 0 spiro atoms. The summed E-state index contributed by atoms with van der Waals surface area (Å²) in [4.78, 5) is 21.5. The minimum Gasteiger partial charge on any atom is -0.311 e. The van der Waals surface area contributed by atoms with Crippen molar-refractivity contribution >= 4 is 0 Å². The van der Waals surface area contributed by atoms with Crippen molar-refractivity contribution in [2.75, 3.05) is 13.1 Å². The summed E-state index contributed by atoms with van der Waals surface area (Å²) in [6, 6.07) is 10.1. The van der Waals surface area contributed by atoms with Crippen LogP contribution in [0.4, 0.5) is 0 Å². The molecule has 0 amide bonds. The van der Waals surface area contributed by atoms with Crippen LogP contribution in [0.25, 0.3) is 5.69 Å². The Kier molecular flexibility index (Phi) is 4.90. The first-order valence-electron chi connectivity index (χ1n) is 9.48. The van der Waals surface area contributed by atoms with E-state index in [9.17, 15) is 4.79 Å². The van der Waals surface area contributed by atoms with Crippen molar-refractivity contribution < 1.29 is 0 Å². The summed E-state index contributed by atoms with van der Waals surface area (Å²) in [5.41, 5.74) is 4.58. The summed E-state index contributed by atoms with van der Waals surface area (Å²) in [7, 11) is 0. The van der Waals surface area contributed by atoms with E-state index in [-0.39, 0.29) is 5.56 Å². The third-order valence-electron chi connectivity index (χ3n) is 5.27. The van der Waals surface area contributed by atoms with Crippen LogP contribution in [-0.2, 0) is 6.54 Å². The maximum absolute atomic E-state index is 11.7. The topological polar surface area (TPSA) is 66.8 Å². The van der Waals surface area contributed by atoms with E-state index in [4.69, 9.17) is 0 Å². The molecular weight excluding hydrogens is 338 g/mol. The Morgan fingerprint density at radius 1 is 1.19 bits per heavy atom. The maximum Gasteiger partial charge on any atom is 0.251 e. The molecule has 27 heavy (non-hydrogen) atoms. The largest absolute Gasteiger partial charge is 0.311 e. The molecule has 1 N–H and O–H groups in total. The molecule has 0 bridgehead atoms. The molecule has 1 saturated heterocycles. The standard InChI is InChI=1S/C21H25N5O/c1-15-4-5-20(26-9-3-8-22-26)18(12-15)14-25-10-6-17(7-11-25)19-13-21(27)24-16(2)23-19/h3-5,8-9,12-13,17H,6-7,10-11,14H2,1-2H3,(H,23,24,27). The van der Waals surface area contributed by atoms with Gasteiger partial charge in [-0.05, 0) is 57.5 Å². The summed E-state index contributed by atoms with van der Waals surface area (Å²) in [6.07, 6.45) is 5.85. The molecule has 0 radical (unpaired) electrons. The molecule has 3 heterocycles. The molecule has 140 valence electrons. The molecular formula is C21H25N5O. The van der Waals surface area contributed by atoms with Crippen LogP contribution in [-0.4, -0.2) is 37.7 Å². The number of aromatic nitrogens is 4. The highest BCUT2D eigenvalue weighted by Gasteiger charge is 2.23. The lowest BCUT2D eigenvalue weighted by Gasteiger charge is -2.32. The van der Waals surface area contributed by atoms with E-state index < -0.39 is 0 Å². The van der Waals surface area contributed by atoms with Crippen molar-refractivity contribution in [1.29, 1.82) is 0 Å². The van der Waals surface area contributed by atoms with Gasteiger partial charge in [0.25, 0.3) is 5.56 Å². The van der Waals surface area contributed by atoms with Gasteiger partial charge in [0.15, 0.2) is 0 Å². The van der Waals surface area contributed by atoms with Gasteiger partial charge in [-0.1, -0.05) is 17.7 Å². The molecule has 1 fully saturated rings. The number of likely N-dealkylation sites (tertiary alicyclic amines) is 1. The van der Waals surface area contributed by atoms with Gasteiger partial charge in [-0.2, -0.15) is 5.10 Å². The highest BCUT2D eigenvalue weighted by Crippen LogP contribution is 2.28. The van der Waals surface area contributed by atoms with Crippen LogP contribution < -0.4 is 5.56 Å². The minimum atomic E-state index is -0.0523. The van der Waals surface area contributed by atoms with E-state index >= 15 is 0 Å². The number of aryl methyl sites for hydroxylation is 2. The van der Waals surface area contributed by atoms with E-state index in [1.807, 2.05) is 30.1 Å². The van der Waals surface area contributed by atoms with Crippen molar-refractivity contribution in [3.05, 3.63) is 75.7 Å². The highest BCUT2D eigenvalue weighted by atomic mass is 16.1. The normalized spacial score (nSPS) is 15.9. The first-order chi connectivity index (χ1) is 13.1. The third kappa shape index (κ3) is 4.01. The predicted molar refractivity (Wildman–Crippen MR) is 105 cm³/mol. The highest BCUT2D eigenvalue weighted by molar-refractivity contribution is 5.42. The second-order valence-electron chi connectivity index (χ2n) is 7.39. The summed E-state index contributed by atoms with van der Waals surface area (Å²) in [5, 5.41) is 4.40. The van der Waals surface area contributed by atoms with Gasteiger partial charge in [0.1, 0.15) is 5.82 Å². The Labute approximate surface area is 158 Å². The SMILES string of the molecule is Cc1ccc(-n2cccn2)c(CN2CCC(c3cc(=O)[nH]c(C)n3)CC2)c1. The molecule has 6 heteroatoms. The van der Waals surface area contributed by atoms with Gasteiger partial charge in [0.2, 0.25) is 0 Å². The minimum absolute atomic E-state index is 0.0523. The lowest BCUT2D eigenvalue weighted by atomic mass is 9.93. The second-order valence-corrected chi connectivity index (χ2v) is 7.39. The van der Waals surface area contributed by atoms with Crippen LogP contribution >= 0.6 is 0 Å². The Morgan fingerprint density at radius 2 is 2.00 bits per heavy atom. The Morgan fingerprint density at radius 3 is 2.70 bits per heavy atom. The molecule has 1 aliphatic rings. The quantitative estimate of drug-likeness (QED) is 0.774. The smallest absolute Gasteiger partial charge is 0.251 e. The van der Waals surface area contributed by atoms with Crippen LogP contribution in [0.1, 0.15) is 41.4 Å². The molecule has 1 aliphatic heterocycles. The molecule has 4 rings (SSSR count). The Hall–Kier alpha value is -2.73. The van der Waals surface area contributed by atoms with Gasteiger partial charge < -0.3 is 4.98 Å². The maximum atomic E-state index is 11.7. The summed E-state index contributed by atoms with van der Waals surface area (Å²) in [5.74, 6) is 1.06.